The smallest absolute Gasteiger partial charge is 0.305 e. The van der Waals surface area contributed by atoms with Crippen LogP contribution in [0.1, 0.15) is 38.5 Å². The molecule has 2 N–H and O–H groups in total. The van der Waals surface area contributed by atoms with Crippen LogP contribution in [0.15, 0.2) is 36.5 Å². The highest BCUT2D eigenvalue weighted by molar-refractivity contribution is 5.78. The van der Waals surface area contributed by atoms with Crippen molar-refractivity contribution in [3.05, 3.63) is 36.5 Å². The summed E-state index contributed by atoms with van der Waals surface area (Å²) >= 11 is 0. The van der Waals surface area contributed by atoms with Gasteiger partial charge in [-0.05, 0) is 12.8 Å². The van der Waals surface area contributed by atoms with Crippen molar-refractivity contribution in [2.45, 2.75) is 50.6 Å². The molecule has 1 aliphatic rings. The molecule has 1 heterocycles. The minimum Gasteiger partial charge on any atom is -0.481 e. The molecule has 2 aromatic rings. The molecule has 0 radical (unpaired) electrons. The van der Waals surface area contributed by atoms with Gasteiger partial charge in [-0.3, -0.25) is 9.59 Å². The molecule has 1 fully saturated rings. The van der Waals surface area contributed by atoms with E-state index in [-0.39, 0.29) is 18.9 Å². The number of aromatic nitrogens is 3. The minimum atomic E-state index is -0.880. The first kappa shape index (κ1) is 17.1. The third kappa shape index (κ3) is 4.43. The Hall–Kier alpha value is -2.70. The summed E-state index contributed by atoms with van der Waals surface area (Å²) in [6.45, 7) is 0.0290. The summed E-state index contributed by atoms with van der Waals surface area (Å²) in [4.78, 5) is 23.6. The van der Waals surface area contributed by atoms with Crippen molar-refractivity contribution < 1.29 is 14.7 Å². The van der Waals surface area contributed by atoms with Crippen LogP contribution in [0.4, 0.5) is 0 Å². The Balaban J connectivity index is 1.65. The molecule has 1 aliphatic carbocycles. The van der Waals surface area contributed by atoms with Gasteiger partial charge in [-0.25, -0.2) is 4.68 Å². The Morgan fingerprint density at radius 2 is 1.88 bits per heavy atom. The largest absolute Gasteiger partial charge is 0.481 e. The van der Waals surface area contributed by atoms with Crippen LogP contribution in [0.25, 0.3) is 11.3 Å². The van der Waals surface area contributed by atoms with E-state index in [0.29, 0.717) is 18.5 Å². The highest BCUT2D eigenvalue weighted by Crippen LogP contribution is 2.31. The second kappa shape index (κ2) is 7.46. The Kier molecular flexibility index (Phi) is 5.11. The van der Waals surface area contributed by atoms with Gasteiger partial charge in [0, 0.05) is 5.56 Å². The number of aliphatic carboxylic acids is 1. The first-order valence-electron chi connectivity index (χ1n) is 8.55. The summed E-state index contributed by atoms with van der Waals surface area (Å²) < 4.78 is 1.48. The van der Waals surface area contributed by atoms with E-state index in [9.17, 15) is 14.7 Å². The fourth-order valence-electron chi connectivity index (χ4n) is 3.46. The van der Waals surface area contributed by atoms with Gasteiger partial charge in [0.15, 0.2) is 0 Å². The zero-order chi connectivity index (χ0) is 17.7. The van der Waals surface area contributed by atoms with Crippen molar-refractivity contribution in [2.24, 2.45) is 0 Å². The summed E-state index contributed by atoms with van der Waals surface area (Å²) in [6.07, 6.45) is 6.06. The van der Waals surface area contributed by atoms with E-state index in [2.05, 4.69) is 15.6 Å². The zero-order valence-corrected chi connectivity index (χ0v) is 14.0. The number of carbonyl (C=O) groups is 2. The number of benzene rings is 1. The maximum Gasteiger partial charge on any atom is 0.305 e. The van der Waals surface area contributed by atoms with Crippen molar-refractivity contribution in [2.75, 3.05) is 0 Å². The van der Waals surface area contributed by atoms with Crippen molar-refractivity contribution >= 4 is 11.9 Å². The van der Waals surface area contributed by atoms with Gasteiger partial charge in [-0.2, -0.15) is 0 Å². The van der Waals surface area contributed by atoms with E-state index < -0.39 is 11.5 Å². The molecule has 0 saturated heterocycles. The average molecular weight is 342 g/mol. The molecule has 1 aromatic carbocycles. The molecular weight excluding hydrogens is 320 g/mol. The number of carbonyl (C=O) groups excluding carboxylic acids is 1. The van der Waals surface area contributed by atoms with Gasteiger partial charge < -0.3 is 10.4 Å². The Labute approximate surface area is 146 Å². The molecule has 1 aromatic heterocycles. The van der Waals surface area contributed by atoms with Gasteiger partial charge in [0.1, 0.15) is 12.2 Å². The van der Waals surface area contributed by atoms with Gasteiger partial charge >= 0.3 is 5.97 Å². The summed E-state index contributed by atoms with van der Waals surface area (Å²) in [5.41, 5.74) is 0.999. The number of carboxylic acid groups (broad SMARTS) is 1. The molecule has 7 heteroatoms. The van der Waals surface area contributed by atoms with E-state index in [1.165, 1.54) is 4.68 Å². The number of nitrogens with zero attached hydrogens (tertiary/aromatic N) is 3. The maximum absolute atomic E-state index is 12.4. The summed E-state index contributed by atoms with van der Waals surface area (Å²) in [6, 6.07) is 9.61. The van der Waals surface area contributed by atoms with Crippen LogP contribution < -0.4 is 5.32 Å². The fourth-order valence-corrected chi connectivity index (χ4v) is 3.46. The second-order valence-electron chi connectivity index (χ2n) is 6.63. The zero-order valence-electron chi connectivity index (χ0n) is 14.0. The molecule has 25 heavy (non-hydrogen) atoms. The predicted octanol–water partition coefficient (Wildman–Crippen LogP) is 2.24. The topological polar surface area (TPSA) is 97.1 Å². The van der Waals surface area contributed by atoms with E-state index >= 15 is 0 Å². The molecule has 0 bridgehead atoms. The van der Waals surface area contributed by atoms with Crippen molar-refractivity contribution in [3.63, 3.8) is 0 Å². The predicted molar refractivity (Wildman–Crippen MR) is 91.7 cm³/mol. The van der Waals surface area contributed by atoms with E-state index in [1.807, 2.05) is 30.3 Å². The van der Waals surface area contributed by atoms with Crippen LogP contribution in [0, 0.1) is 0 Å². The van der Waals surface area contributed by atoms with E-state index in [0.717, 1.165) is 24.8 Å². The second-order valence-corrected chi connectivity index (χ2v) is 6.63. The quantitative estimate of drug-likeness (QED) is 0.839. The molecule has 7 nitrogen and oxygen atoms in total. The Morgan fingerprint density at radius 1 is 1.16 bits per heavy atom. The molecule has 0 aliphatic heterocycles. The van der Waals surface area contributed by atoms with Crippen molar-refractivity contribution in [3.8, 4) is 11.3 Å². The highest BCUT2D eigenvalue weighted by Gasteiger charge is 2.35. The monoisotopic (exact) mass is 342 g/mol. The van der Waals surface area contributed by atoms with E-state index in [4.69, 9.17) is 0 Å². The van der Waals surface area contributed by atoms with Gasteiger partial charge in [0.2, 0.25) is 5.91 Å². The Morgan fingerprint density at radius 3 is 2.56 bits per heavy atom. The number of hydrogen-bond donors (Lipinski definition) is 2. The number of amides is 1. The standard InChI is InChI=1S/C18H22N4O3/c23-16(19-18(11-17(24)25)9-5-2-6-10-18)13-22-12-15(20-21-22)14-7-3-1-4-8-14/h1,3-4,7-8,12H,2,5-6,9-11,13H2,(H,19,23)(H,24,25). The molecular formula is C18H22N4O3. The number of carboxylic acids is 1. The molecule has 132 valence electrons. The maximum atomic E-state index is 12.4. The molecule has 0 atom stereocenters. The lowest BCUT2D eigenvalue weighted by atomic mass is 9.79. The van der Waals surface area contributed by atoms with Crippen LogP contribution >= 0.6 is 0 Å². The van der Waals surface area contributed by atoms with Gasteiger partial charge in [-0.1, -0.05) is 54.8 Å². The fraction of sp³-hybridized carbons (Fsp3) is 0.444. The minimum absolute atomic E-state index is 0.0290. The summed E-state index contributed by atoms with van der Waals surface area (Å²) in [5, 5.41) is 20.2. The normalized spacial score (nSPS) is 16.3. The van der Waals surface area contributed by atoms with Crippen LogP contribution in [-0.2, 0) is 16.1 Å². The van der Waals surface area contributed by atoms with Crippen LogP contribution in [-0.4, -0.2) is 37.5 Å². The van der Waals surface area contributed by atoms with Crippen LogP contribution in [0.2, 0.25) is 0 Å². The molecule has 1 saturated carbocycles. The van der Waals surface area contributed by atoms with Gasteiger partial charge in [0.05, 0.1) is 18.2 Å². The summed E-state index contributed by atoms with van der Waals surface area (Å²) in [5.74, 6) is -1.11. The summed E-state index contributed by atoms with van der Waals surface area (Å²) in [7, 11) is 0. The lowest BCUT2D eigenvalue weighted by Gasteiger charge is -2.37. The average Bonchev–Trinajstić information content (AvgIpc) is 3.04. The number of rotatable bonds is 6. The van der Waals surface area contributed by atoms with E-state index in [1.54, 1.807) is 6.20 Å². The van der Waals surface area contributed by atoms with Crippen LogP contribution in [0.3, 0.4) is 0 Å². The highest BCUT2D eigenvalue weighted by atomic mass is 16.4. The molecule has 3 rings (SSSR count). The third-order valence-electron chi connectivity index (χ3n) is 4.62. The molecule has 1 amide bonds. The first-order valence-corrected chi connectivity index (χ1v) is 8.55. The lowest BCUT2D eigenvalue weighted by molar-refractivity contribution is -0.139. The van der Waals surface area contributed by atoms with Gasteiger partial charge in [-0.15, -0.1) is 5.10 Å². The molecule has 0 spiro atoms. The van der Waals surface area contributed by atoms with Crippen molar-refractivity contribution in [1.29, 1.82) is 0 Å². The van der Waals surface area contributed by atoms with Crippen molar-refractivity contribution in [1.82, 2.24) is 20.3 Å². The number of hydrogen-bond acceptors (Lipinski definition) is 4. The SMILES string of the molecule is O=C(O)CC1(NC(=O)Cn2cc(-c3ccccc3)nn2)CCCCC1. The Bertz CT molecular complexity index is 736. The van der Waals surface area contributed by atoms with Gasteiger partial charge in [0.25, 0.3) is 0 Å². The lowest BCUT2D eigenvalue weighted by Crippen LogP contribution is -2.52. The molecule has 0 unspecified atom stereocenters. The first-order chi connectivity index (χ1) is 12.1. The van der Waals surface area contributed by atoms with Crippen LogP contribution in [0.5, 0.6) is 0 Å². The number of nitrogens with one attached hydrogen (secondary N) is 1. The third-order valence-corrected chi connectivity index (χ3v) is 4.62.